The molecule has 1 aromatic carbocycles. The van der Waals surface area contributed by atoms with E-state index in [0.717, 1.165) is 11.8 Å². The molecule has 114 valence electrons. The van der Waals surface area contributed by atoms with Crippen molar-refractivity contribution in [3.05, 3.63) is 23.3 Å². The number of benzene rings is 1. The normalized spacial score (nSPS) is 12.6. The number of rotatable bonds is 6. The maximum Gasteiger partial charge on any atom is 0.188 e. The average Bonchev–Trinajstić information content (AvgIpc) is 2.23. The fourth-order valence-corrected chi connectivity index (χ4v) is 5.45. The van der Waals surface area contributed by atoms with Gasteiger partial charge in [-0.25, -0.2) is 0 Å². The van der Waals surface area contributed by atoms with Crippen LogP contribution in [0.2, 0.25) is 32.7 Å². The van der Waals surface area contributed by atoms with E-state index >= 15 is 0 Å². The largest absolute Gasteiger partial charge is 0.467 e. The van der Waals surface area contributed by atoms with E-state index in [9.17, 15) is 0 Å². The minimum Gasteiger partial charge on any atom is -0.467 e. The fourth-order valence-electron chi connectivity index (χ4n) is 2.28. The van der Waals surface area contributed by atoms with Crippen LogP contribution in [0.25, 0.3) is 0 Å². The maximum absolute atomic E-state index is 6.56. The zero-order valence-electron chi connectivity index (χ0n) is 13.8. The van der Waals surface area contributed by atoms with Gasteiger partial charge in [-0.05, 0) is 23.7 Å². The van der Waals surface area contributed by atoms with E-state index in [0.29, 0.717) is 0 Å². The Morgan fingerprint density at radius 3 is 2.15 bits per heavy atom. The van der Waals surface area contributed by atoms with E-state index in [-0.39, 0.29) is 6.79 Å². The first-order valence-corrected chi connectivity index (χ1v) is 14.7. The summed E-state index contributed by atoms with van der Waals surface area (Å²) in [6, 6.07) is 5.40. The Balaban J connectivity index is 3.36. The van der Waals surface area contributed by atoms with Gasteiger partial charge in [0.1, 0.15) is 5.75 Å². The summed E-state index contributed by atoms with van der Waals surface area (Å²) in [4.78, 5) is 0. The molecule has 0 atom stereocenters. The summed E-state index contributed by atoms with van der Waals surface area (Å²) in [6.45, 7) is 13.8. The van der Waals surface area contributed by atoms with Crippen molar-refractivity contribution in [3.8, 4) is 5.75 Å². The number of aryl methyl sites for hydroxylation is 1. The molecule has 1 aromatic rings. The van der Waals surface area contributed by atoms with E-state index in [1.54, 1.807) is 7.11 Å². The lowest BCUT2D eigenvalue weighted by Crippen LogP contribution is -2.40. The molecule has 0 unspecified atom stereocenters. The molecule has 20 heavy (non-hydrogen) atoms. The minimum absolute atomic E-state index is 0.289. The molecular weight excluding hydrogens is 304 g/mol. The third kappa shape index (κ3) is 5.24. The van der Waals surface area contributed by atoms with Gasteiger partial charge >= 0.3 is 0 Å². The summed E-state index contributed by atoms with van der Waals surface area (Å²) < 4.78 is 11.0. The monoisotopic (exact) mass is 330 g/mol. The molecule has 0 saturated carbocycles. The quantitative estimate of drug-likeness (QED) is 0.445. The minimum atomic E-state index is -1.71. The molecule has 5 heteroatoms. The molecule has 2 nitrogen and oxygen atoms in total. The van der Waals surface area contributed by atoms with Gasteiger partial charge in [0.15, 0.2) is 14.2 Å². The topological polar surface area (TPSA) is 18.5 Å². The van der Waals surface area contributed by atoms with Gasteiger partial charge in [-0.2, -0.15) is 11.1 Å². The Labute approximate surface area is 130 Å². The van der Waals surface area contributed by atoms with Gasteiger partial charge in [0, 0.05) is 7.11 Å². The first-order valence-electron chi connectivity index (χ1n) is 6.99. The highest BCUT2D eigenvalue weighted by molar-refractivity contribution is 7.18. The van der Waals surface area contributed by atoms with Crippen molar-refractivity contribution in [2.24, 2.45) is 0 Å². The van der Waals surface area contributed by atoms with E-state index in [1.807, 2.05) is 0 Å². The Morgan fingerprint density at radius 2 is 1.70 bits per heavy atom. The first kappa shape index (κ1) is 17.8. The number of halogens is 1. The van der Waals surface area contributed by atoms with E-state index in [1.165, 1.54) is 16.3 Å². The van der Waals surface area contributed by atoms with Crippen molar-refractivity contribution in [2.75, 3.05) is 13.9 Å². The highest BCUT2D eigenvalue weighted by Crippen LogP contribution is 2.27. The Hall–Kier alpha value is -0.296. The third-order valence-corrected chi connectivity index (χ3v) is 6.66. The van der Waals surface area contributed by atoms with Crippen LogP contribution in [0.5, 0.6) is 5.75 Å². The molecule has 0 radical (unpaired) electrons. The van der Waals surface area contributed by atoms with Crippen molar-refractivity contribution in [1.82, 2.24) is 0 Å². The molecule has 0 aliphatic rings. The molecule has 1 rings (SSSR count). The van der Waals surface area contributed by atoms with Crippen molar-refractivity contribution in [3.63, 3.8) is 0 Å². The lowest BCUT2D eigenvalue weighted by atomic mass is 10.1. The highest BCUT2D eigenvalue weighted by Gasteiger charge is 2.27. The third-order valence-electron chi connectivity index (χ3n) is 3.05. The summed E-state index contributed by atoms with van der Waals surface area (Å²) in [5.41, 5.74) is 2.53. The Bertz CT molecular complexity index is 462. The second-order valence-corrected chi connectivity index (χ2v) is 18.9. The lowest BCUT2D eigenvalue weighted by molar-refractivity contribution is 0.0512. The van der Waals surface area contributed by atoms with Crippen LogP contribution in [0.1, 0.15) is 11.1 Å². The van der Waals surface area contributed by atoms with Crippen molar-refractivity contribution >= 4 is 31.7 Å². The summed E-state index contributed by atoms with van der Waals surface area (Å²) in [6.07, 6.45) is 0. The predicted octanol–water partition coefficient (Wildman–Crippen LogP) is 4.05. The molecule has 0 fully saturated rings. The summed E-state index contributed by atoms with van der Waals surface area (Å²) in [7, 11) is -1.53. The van der Waals surface area contributed by atoms with Crippen molar-refractivity contribution < 1.29 is 9.47 Å². The van der Waals surface area contributed by atoms with Gasteiger partial charge in [-0.1, -0.05) is 50.4 Å². The molecule has 0 N–H and O–H groups in total. The van der Waals surface area contributed by atoms with Crippen LogP contribution in [-0.2, 0) is 10.8 Å². The van der Waals surface area contributed by atoms with Gasteiger partial charge in [0.2, 0.25) is 0 Å². The van der Waals surface area contributed by atoms with Crippen LogP contribution < -0.4 is 9.92 Å². The summed E-state index contributed by atoms with van der Waals surface area (Å²) >= 11 is 6.56. The molecule has 0 aromatic heterocycles. The van der Waals surface area contributed by atoms with Crippen LogP contribution in [0.15, 0.2) is 12.1 Å². The first-order chi connectivity index (χ1) is 9.04. The molecule has 0 amide bonds. The molecule has 0 aliphatic carbocycles. The summed E-state index contributed by atoms with van der Waals surface area (Å²) in [5, 5.41) is 1.36. The Morgan fingerprint density at radius 1 is 1.10 bits per heavy atom. The number of hydrogen-bond acceptors (Lipinski definition) is 2. The average molecular weight is 331 g/mol. The molecule has 0 bridgehead atoms. The highest BCUT2D eigenvalue weighted by atomic mass is 35.6. The predicted molar refractivity (Wildman–Crippen MR) is 93.7 cm³/mol. The van der Waals surface area contributed by atoms with Crippen LogP contribution in [0, 0.1) is 6.92 Å². The van der Waals surface area contributed by atoms with Gasteiger partial charge in [-0.15, -0.1) is 0 Å². The van der Waals surface area contributed by atoms with Crippen LogP contribution in [0.4, 0.5) is 0 Å². The van der Waals surface area contributed by atoms with E-state index in [2.05, 4.69) is 51.8 Å². The molecule has 0 saturated heterocycles. The van der Waals surface area contributed by atoms with E-state index < -0.39 is 15.5 Å². The fraction of sp³-hybridized carbons (Fsp3) is 0.600. The summed E-state index contributed by atoms with van der Waals surface area (Å²) in [5.74, 6) is 1.01. The number of hydrogen-bond donors (Lipinski definition) is 0. The number of methoxy groups -OCH3 is 1. The second kappa shape index (κ2) is 6.64. The number of ether oxygens (including phenoxy) is 2. The zero-order valence-corrected chi connectivity index (χ0v) is 16.5. The Kier molecular flexibility index (Phi) is 5.90. The SMILES string of the molecule is COCOc1c(C[Si](C)(C)Cl)cc(C)cc1[Si](C)(C)C. The van der Waals surface area contributed by atoms with Gasteiger partial charge in [0.05, 0.1) is 8.07 Å². The molecule has 0 aliphatic heterocycles. The maximum atomic E-state index is 6.56. The van der Waals surface area contributed by atoms with Crippen LogP contribution in [-0.4, -0.2) is 29.4 Å². The van der Waals surface area contributed by atoms with Gasteiger partial charge in [-0.3, -0.25) is 0 Å². The lowest BCUT2D eigenvalue weighted by Gasteiger charge is -2.25. The van der Waals surface area contributed by atoms with Gasteiger partial charge < -0.3 is 9.47 Å². The molecule has 0 heterocycles. The standard InChI is InChI=1S/C15H27ClO2Si2/c1-12-8-13(10-20(6,7)16)15(18-11-17-2)14(9-12)19(3,4)5/h8-9H,10-11H2,1-7H3. The van der Waals surface area contributed by atoms with Crippen LogP contribution in [0.3, 0.4) is 0 Å². The van der Waals surface area contributed by atoms with Crippen molar-refractivity contribution in [1.29, 1.82) is 0 Å². The van der Waals surface area contributed by atoms with E-state index in [4.69, 9.17) is 20.6 Å². The second-order valence-electron chi connectivity index (χ2n) is 7.00. The molecule has 0 spiro atoms. The molecular formula is C15H27ClO2Si2. The van der Waals surface area contributed by atoms with Crippen molar-refractivity contribution in [2.45, 2.75) is 45.7 Å². The smallest absolute Gasteiger partial charge is 0.188 e. The van der Waals surface area contributed by atoms with Crippen LogP contribution >= 0.6 is 11.1 Å². The van der Waals surface area contributed by atoms with Gasteiger partial charge in [0.25, 0.3) is 0 Å². The zero-order chi connectivity index (χ0) is 15.6.